The van der Waals surface area contributed by atoms with Gasteiger partial charge in [0.25, 0.3) is 0 Å². The highest BCUT2D eigenvalue weighted by Gasteiger charge is 2.14. The predicted octanol–water partition coefficient (Wildman–Crippen LogP) is 4.04. The van der Waals surface area contributed by atoms with Gasteiger partial charge in [-0.2, -0.15) is 0 Å². The van der Waals surface area contributed by atoms with E-state index in [0.29, 0.717) is 6.61 Å². The Morgan fingerprint density at radius 2 is 1.70 bits per heavy atom. The number of benzene rings is 2. The van der Waals surface area contributed by atoms with Crippen molar-refractivity contribution in [3.05, 3.63) is 64.1 Å². The number of hydrogen-bond acceptors (Lipinski definition) is 3. The van der Waals surface area contributed by atoms with E-state index in [1.165, 1.54) is 0 Å². The van der Waals surface area contributed by atoms with E-state index in [-0.39, 0.29) is 0 Å². The largest absolute Gasteiger partial charge is 0.489 e. The fraction of sp³-hybridized carbons (Fsp3) is 0.278. The number of nitrogens with zero attached hydrogens (tertiary/aromatic N) is 1. The molecule has 3 nitrogen and oxygen atoms in total. The first-order chi connectivity index (χ1) is 11.2. The summed E-state index contributed by atoms with van der Waals surface area (Å²) < 4.78 is 12.3. The van der Waals surface area contributed by atoms with Crippen LogP contribution < -0.4 is 4.74 Å². The van der Waals surface area contributed by atoms with E-state index in [9.17, 15) is 0 Å². The molecule has 1 aliphatic rings. The van der Waals surface area contributed by atoms with Gasteiger partial charge in [0.1, 0.15) is 17.3 Å². The summed E-state index contributed by atoms with van der Waals surface area (Å²) in [7, 11) is 0. The molecule has 0 radical (unpaired) electrons. The number of morpholine rings is 1. The molecule has 0 aromatic heterocycles. The summed E-state index contributed by atoms with van der Waals surface area (Å²) in [5.41, 5.74) is 2.19. The normalized spacial score (nSPS) is 14.6. The van der Waals surface area contributed by atoms with Crippen molar-refractivity contribution in [2.24, 2.45) is 0 Å². The molecule has 0 atom stereocenters. The molecule has 1 fully saturated rings. The van der Waals surface area contributed by atoms with Gasteiger partial charge < -0.3 is 14.4 Å². The third kappa shape index (κ3) is 4.53. The summed E-state index contributed by atoms with van der Waals surface area (Å²) >= 11 is 8.99. The van der Waals surface area contributed by atoms with E-state index in [4.69, 9.17) is 21.7 Å². The first kappa shape index (κ1) is 16.4. The van der Waals surface area contributed by atoms with Gasteiger partial charge in [0, 0.05) is 23.1 Å². The molecule has 0 saturated carbocycles. The lowest BCUT2D eigenvalue weighted by atomic mass is 10.2. The van der Waals surface area contributed by atoms with E-state index >= 15 is 0 Å². The Morgan fingerprint density at radius 1 is 1.04 bits per heavy atom. The molecule has 1 saturated heterocycles. The summed E-state index contributed by atoms with van der Waals surface area (Å²) in [6.07, 6.45) is 0. The molecule has 0 aliphatic carbocycles. The first-order valence-corrected chi connectivity index (χ1v) is 8.77. The second-order valence-corrected chi connectivity index (χ2v) is 6.65. The molecule has 0 N–H and O–H groups in total. The van der Waals surface area contributed by atoms with Crippen molar-refractivity contribution in [1.29, 1.82) is 0 Å². The second-order valence-electron chi connectivity index (χ2n) is 5.34. The zero-order valence-corrected chi connectivity index (χ0v) is 15.1. The zero-order valence-electron chi connectivity index (χ0n) is 12.7. The van der Waals surface area contributed by atoms with Crippen molar-refractivity contribution in [3.8, 4) is 5.75 Å². The molecular formula is C18H18BrNO2S. The lowest BCUT2D eigenvalue weighted by Crippen LogP contribution is -2.40. The van der Waals surface area contributed by atoms with Crippen LogP contribution in [0.4, 0.5) is 0 Å². The van der Waals surface area contributed by atoms with Gasteiger partial charge in [-0.15, -0.1) is 0 Å². The molecule has 1 heterocycles. The van der Waals surface area contributed by atoms with E-state index < -0.39 is 0 Å². The van der Waals surface area contributed by atoms with Gasteiger partial charge >= 0.3 is 0 Å². The molecule has 2 aromatic rings. The monoisotopic (exact) mass is 391 g/mol. The average Bonchev–Trinajstić information content (AvgIpc) is 2.62. The van der Waals surface area contributed by atoms with Crippen LogP contribution in [0.2, 0.25) is 0 Å². The van der Waals surface area contributed by atoms with Crippen LogP contribution in [0.25, 0.3) is 0 Å². The number of hydrogen-bond donors (Lipinski definition) is 0. The summed E-state index contributed by atoms with van der Waals surface area (Å²) in [6.45, 7) is 3.77. The summed E-state index contributed by atoms with van der Waals surface area (Å²) in [5, 5.41) is 0. The molecule has 0 unspecified atom stereocenters. The van der Waals surface area contributed by atoms with Crippen molar-refractivity contribution in [2.45, 2.75) is 6.61 Å². The minimum absolute atomic E-state index is 0.556. The van der Waals surface area contributed by atoms with Gasteiger partial charge in [-0.05, 0) is 42.0 Å². The Balaban J connectivity index is 1.58. The van der Waals surface area contributed by atoms with Gasteiger partial charge in [0.15, 0.2) is 0 Å². The maximum atomic E-state index is 5.82. The number of rotatable bonds is 4. The zero-order chi connectivity index (χ0) is 16.1. The van der Waals surface area contributed by atoms with Gasteiger partial charge in [-0.1, -0.05) is 40.3 Å². The molecule has 0 amide bonds. The van der Waals surface area contributed by atoms with Gasteiger partial charge in [-0.25, -0.2) is 0 Å². The topological polar surface area (TPSA) is 21.7 Å². The lowest BCUT2D eigenvalue weighted by Gasteiger charge is -2.29. The Kier molecular flexibility index (Phi) is 5.65. The molecule has 2 aromatic carbocycles. The van der Waals surface area contributed by atoms with Crippen molar-refractivity contribution in [3.63, 3.8) is 0 Å². The summed E-state index contributed by atoms with van der Waals surface area (Å²) in [5.74, 6) is 0.849. The first-order valence-electron chi connectivity index (χ1n) is 7.57. The number of thiocarbonyl (C=S) groups is 1. The predicted molar refractivity (Wildman–Crippen MR) is 99.0 cm³/mol. The second kappa shape index (κ2) is 7.90. The van der Waals surface area contributed by atoms with Crippen LogP contribution in [0, 0.1) is 0 Å². The Labute approximate surface area is 150 Å². The molecule has 120 valence electrons. The average molecular weight is 392 g/mol. The molecule has 23 heavy (non-hydrogen) atoms. The number of ether oxygens (including phenoxy) is 2. The molecule has 0 spiro atoms. The molecule has 1 aliphatic heterocycles. The molecule has 5 heteroatoms. The Morgan fingerprint density at radius 3 is 2.35 bits per heavy atom. The minimum Gasteiger partial charge on any atom is -0.489 e. The van der Waals surface area contributed by atoms with Gasteiger partial charge in [-0.3, -0.25) is 0 Å². The van der Waals surface area contributed by atoms with Crippen molar-refractivity contribution in [1.82, 2.24) is 4.90 Å². The van der Waals surface area contributed by atoms with Crippen molar-refractivity contribution in [2.75, 3.05) is 26.3 Å². The van der Waals surface area contributed by atoms with E-state index in [1.807, 2.05) is 48.5 Å². The van der Waals surface area contributed by atoms with Crippen molar-refractivity contribution < 1.29 is 9.47 Å². The highest BCUT2D eigenvalue weighted by Crippen LogP contribution is 2.17. The van der Waals surface area contributed by atoms with Crippen LogP contribution in [0.3, 0.4) is 0 Å². The van der Waals surface area contributed by atoms with E-state index in [2.05, 4.69) is 20.8 Å². The highest BCUT2D eigenvalue weighted by atomic mass is 79.9. The molecule has 3 rings (SSSR count). The fourth-order valence-electron chi connectivity index (χ4n) is 2.39. The summed E-state index contributed by atoms with van der Waals surface area (Å²) in [4.78, 5) is 3.07. The Hall–Kier alpha value is -1.43. The van der Waals surface area contributed by atoms with Crippen LogP contribution in [0.5, 0.6) is 5.75 Å². The van der Waals surface area contributed by atoms with E-state index in [1.54, 1.807) is 0 Å². The number of halogens is 1. The molecular weight excluding hydrogens is 374 g/mol. The van der Waals surface area contributed by atoms with Crippen LogP contribution >= 0.6 is 28.1 Å². The summed E-state index contributed by atoms with van der Waals surface area (Å²) in [6, 6.07) is 16.1. The maximum Gasteiger partial charge on any atom is 0.119 e. The Bertz CT molecular complexity index is 652. The van der Waals surface area contributed by atoms with E-state index in [0.717, 1.165) is 52.6 Å². The van der Waals surface area contributed by atoms with Crippen LogP contribution in [0.15, 0.2) is 53.0 Å². The van der Waals surface area contributed by atoms with Crippen LogP contribution in [-0.2, 0) is 11.3 Å². The van der Waals surface area contributed by atoms with Gasteiger partial charge in [0.05, 0.1) is 13.2 Å². The standard InChI is InChI=1S/C18H18BrNO2S/c19-16-5-1-14(2-6-16)13-22-17-7-3-15(4-8-17)18(23)20-9-11-21-12-10-20/h1-8H,9-13H2. The lowest BCUT2D eigenvalue weighted by molar-refractivity contribution is 0.0693. The SMILES string of the molecule is S=C(c1ccc(OCc2ccc(Br)cc2)cc1)N1CCOCC1. The molecule has 0 bridgehead atoms. The minimum atomic E-state index is 0.556. The quantitative estimate of drug-likeness (QED) is 0.733. The third-order valence-electron chi connectivity index (χ3n) is 3.72. The third-order valence-corrected chi connectivity index (χ3v) is 4.74. The van der Waals surface area contributed by atoms with Crippen molar-refractivity contribution >= 4 is 33.1 Å². The van der Waals surface area contributed by atoms with Crippen LogP contribution in [-0.4, -0.2) is 36.2 Å². The highest BCUT2D eigenvalue weighted by molar-refractivity contribution is 9.10. The fourth-order valence-corrected chi connectivity index (χ4v) is 2.97. The van der Waals surface area contributed by atoms with Crippen LogP contribution in [0.1, 0.15) is 11.1 Å². The smallest absolute Gasteiger partial charge is 0.119 e. The van der Waals surface area contributed by atoms with Gasteiger partial charge in [0.2, 0.25) is 0 Å². The maximum absolute atomic E-state index is 5.82.